The van der Waals surface area contributed by atoms with Crippen LogP contribution in [-0.2, 0) is 18.9 Å². The second kappa shape index (κ2) is 11.4. The lowest BCUT2D eigenvalue weighted by Crippen LogP contribution is -2.45. The van der Waals surface area contributed by atoms with Crippen molar-refractivity contribution in [2.45, 2.75) is 63.7 Å². The average Bonchev–Trinajstić information content (AvgIpc) is 3.47. The molecule has 44 heavy (non-hydrogen) atoms. The Bertz CT molecular complexity index is 1600. The molecule has 2 aliphatic heterocycles. The minimum atomic E-state index is -1.05. The van der Waals surface area contributed by atoms with E-state index < -0.39 is 47.9 Å². The monoisotopic (exact) mass is 602 g/mol. The topological polar surface area (TPSA) is 130 Å². The van der Waals surface area contributed by atoms with Crippen LogP contribution in [0.1, 0.15) is 48.4 Å². The summed E-state index contributed by atoms with van der Waals surface area (Å²) in [7, 11) is 0. The van der Waals surface area contributed by atoms with Crippen LogP contribution in [0.25, 0.3) is 21.5 Å². The fraction of sp³-hybridized carbons (Fsp3) is 0.353. The molecule has 10 heteroatoms. The summed E-state index contributed by atoms with van der Waals surface area (Å²) in [5.74, 6) is -3.19. The van der Waals surface area contributed by atoms with Gasteiger partial charge in [0.15, 0.2) is 11.6 Å². The Balaban J connectivity index is 1.25. The molecule has 6 rings (SSSR count). The van der Waals surface area contributed by atoms with Gasteiger partial charge in [-0.05, 0) is 62.7 Å². The van der Waals surface area contributed by atoms with Crippen molar-refractivity contribution in [3.63, 3.8) is 0 Å². The molecule has 0 saturated carbocycles. The lowest BCUT2D eigenvalue weighted by atomic mass is 10.0. The van der Waals surface area contributed by atoms with E-state index in [1.165, 1.54) is 12.1 Å². The zero-order chi connectivity index (χ0) is 31.2. The van der Waals surface area contributed by atoms with Gasteiger partial charge in [-0.3, -0.25) is 0 Å². The molecular formula is C34H34O10. The zero-order valence-corrected chi connectivity index (χ0v) is 24.8. The molecule has 2 fully saturated rings. The van der Waals surface area contributed by atoms with Gasteiger partial charge in [0.25, 0.3) is 0 Å². The number of hydrogen-bond acceptors (Lipinski definition) is 8. The van der Waals surface area contributed by atoms with Crippen LogP contribution < -0.4 is 9.47 Å². The molecule has 0 amide bonds. The molecule has 0 aliphatic carbocycles. The van der Waals surface area contributed by atoms with Crippen LogP contribution >= 0.6 is 0 Å². The number of aromatic carboxylic acids is 2. The zero-order valence-electron chi connectivity index (χ0n) is 24.8. The van der Waals surface area contributed by atoms with Crippen molar-refractivity contribution in [1.82, 2.24) is 0 Å². The van der Waals surface area contributed by atoms with E-state index in [1.807, 2.05) is 48.5 Å². The summed E-state index contributed by atoms with van der Waals surface area (Å²) in [6.07, 6.45) is -2.45. The number of carbonyl (C=O) groups is 2. The van der Waals surface area contributed by atoms with Gasteiger partial charge in [0.1, 0.15) is 49.1 Å². The summed E-state index contributed by atoms with van der Waals surface area (Å²) in [6, 6.07) is 21.0. The van der Waals surface area contributed by atoms with Gasteiger partial charge < -0.3 is 38.6 Å². The van der Waals surface area contributed by atoms with Gasteiger partial charge in [0.2, 0.25) is 0 Å². The molecule has 2 saturated heterocycles. The Kier molecular flexibility index (Phi) is 7.71. The Hall–Kier alpha value is -4.22. The van der Waals surface area contributed by atoms with E-state index in [2.05, 4.69) is 0 Å². The lowest BCUT2D eigenvalue weighted by molar-refractivity contribution is -0.175. The quantitative estimate of drug-likeness (QED) is 0.239. The van der Waals surface area contributed by atoms with Gasteiger partial charge in [0, 0.05) is 10.8 Å². The van der Waals surface area contributed by atoms with Gasteiger partial charge >= 0.3 is 11.9 Å². The molecule has 0 spiro atoms. The van der Waals surface area contributed by atoms with E-state index in [0.717, 1.165) is 21.5 Å². The summed E-state index contributed by atoms with van der Waals surface area (Å²) >= 11 is 0. The van der Waals surface area contributed by atoms with Crippen LogP contribution in [0.5, 0.6) is 11.5 Å². The summed E-state index contributed by atoms with van der Waals surface area (Å²) in [5.41, 5.74) is 0.232. The predicted molar refractivity (Wildman–Crippen MR) is 160 cm³/mol. The molecule has 2 N–H and O–H groups in total. The maximum atomic E-state index is 11.8. The standard InChI is InChI=1S/C34H34O10/c1-33(2)41-27(17-39-25-15-21(31(35)36)13-19-9-5-7-11-23(19)25)29(43-33)30-28(42-34(3,4)44-30)18-40-26-16-22(32(37)38)14-20-10-6-8-12-24(20)26/h5-16,27-30H,17-18H2,1-4H3,(H,35,36)(H,37,38)/t27-,28+,29+,30-. The first-order valence-electron chi connectivity index (χ1n) is 14.4. The van der Waals surface area contributed by atoms with Crippen LogP contribution in [0.15, 0.2) is 72.8 Å². The van der Waals surface area contributed by atoms with Crippen molar-refractivity contribution >= 4 is 33.5 Å². The third kappa shape index (κ3) is 6.07. The van der Waals surface area contributed by atoms with Gasteiger partial charge in [0.05, 0.1) is 11.1 Å². The Labute approximate surface area is 254 Å². The minimum Gasteiger partial charge on any atom is -0.490 e. The van der Waals surface area contributed by atoms with Crippen molar-refractivity contribution in [3.05, 3.63) is 83.9 Å². The molecule has 10 nitrogen and oxygen atoms in total. The number of carboxylic acids is 2. The molecule has 0 unspecified atom stereocenters. The minimum absolute atomic E-state index is 0.0559. The van der Waals surface area contributed by atoms with Crippen LogP contribution in [-0.4, -0.2) is 71.4 Å². The van der Waals surface area contributed by atoms with E-state index in [-0.39, 0.29) is 24.3 Å². The van der Waals surface area contributed by atoms with E-state index >= 15 is 0 Å². The molecule has 2 aliphatic rings. The van der Waals surface area contributed by atoms with Crippen molar-refractivity contribution in [2.24, 2.45) is 0 Å². The molecule has 230 valence electrons. The number of ether oxygens (including phenoxy) is 6. The summed E-state index contributed by atoms with van der Waals surface area (Å²) in [5, 5.41) is 22.3. The number of fused-ring (bicyclic) bond motifs is 2. The van der Waals surface area contributed by atoms with Crippen LogP contribution in [0, 0.1) is 0 Å². The normalized spacial score (nSPS) is 24.0. The molecule has 2 heterocycles. The number of benzene rings is 4. The Morgan fingerprint density at radius 2 is 1.02 bits per heavy atom. The van der Waals surface area contributed by atoms with Gasteiger partial charge in [-0.25, -0.2) is 9.59 Å². The first-order chi connectivity index (χ1) is 20.9. The molecule has 4 atom stereocenters. The van der Waals surface area contributed by atoms with Crippen LogP contribution in [0.3, 0.4) is 0 Å². The number of carboxylic acid groups (broad SMARTS) is 2. The lowest BCUT2D eigenvalue weighted by Gasteiger charge is -2.26. The van der Waals surface area contributed by atoms with Gasteiger partial charge in [-0.15, -0.1) is 0 Å². The molecule has 0 radical (unpaired) electrons. The van der Waals surface area contributed by atoms with E-state index in [4.69, 9.17) is 28.4 Å². The maximum absolute atomic E-state index is 11.8. The van der Waals surface area contributed by atoms with Crippen molar-refractivity contribution < 1.29 is 48.2 Å². The highest BCUT2D eigenvalue weighted by Gasteiger charge is 2.54. The Morgan fingerprint density at radius 3 is 1.41 bits per heavy atom. The molecule has 4 aromatic carbocycles. The highest BCUT2D eigenvalue weighted by Crippen LogP contribution is 2.40. The van der Waals surface area contributed by atoms with Crippen LogP contribution in [0.2, 0.25) is 0 Å². The summed E-state index contributed by atoms with van der Waals surface area (Å²) < 4.78 is 37.7. The van der Waals surface area contributed by atoms with Crippen molar-refractivity contribution in [3.8, 4) is 11.5 Å². The fourth-order valence-electron chi connectivity index (χ4n) is 5.92. The van der Waals surface area contributed by atoms with Crippen molar-refractivity contribution in [1.29, 1.82) is 0 Å². The Morgan fingerprint density at radius 1 is 0.636 bits per heavy atom. The smallest absolute Gasteiger partial charge is 0.335 e. The fourth-order valence-corrected chi connectivity index (χ4v) is 5.92. The third-order valence-electron chi connectivity index (χ3n) is 7.71. The van der Waals surface area contributed by atoms with E-state index in [9.17, 15) is 19.8 Å². The van der Waals surface area contributed by atoms with Gasteiger partial charge in [-0.1, -0.05) is 48.5 Å². The second-order valence-electron chi connectivity index (χ2n) is 11.9. The van der Waals surface area contributed by atoms with E-state index in [1.54, 1.807) is 39.8 Å². The molecular weight excluding hydrogens is 568 g/mol. The summed E-state index contributed by atoms with van der Waals surface area (Å²) in [6.45, 7) is 7.32. The largest absolute Gasteiger partial charge is 0.490 e. The maximum Gasteiger partial charge on any atom is 0.335 e. The first-order valence-corrected chi connectivity index (χ1v) is 14.4. The number of rotatable bonds is 9. The molecule has 4 aromatic rings. The first kappa shape index (κ1) is 29.8. The van der Waals surface area contributed by atoms with E-state index in [0.29, 0.717) is 11.5 Å². The number of hydrogen-bond donors (Lipinski definition) is 2. The predicted octanol–water partition coefficient (Wildman–Crippen LogP) is 5.89. The average molecular weight is 603 g/mol. The third-order valence-corrected chi connectivity index (χ3v) is 7.71. The highest BCUT2D eigenvalue weighted by atomic mass is 16.8. The molecule has 0 bridgehead atoms. The highest BCUT2D eigenvalue weighted by molar-refractivity contribution is 5.98. The van der Waals surface area contributed by atoms with Crippen LogP contribution in [0.4, 0.5) is 0 Å². The second-order valence-corrected chi connectivity index (χ2v) is 11.9. The van der Waals surface area contributed by atoms with Crippen molar-refractivity contribution in [2.75, 3.05) is 13.2 Å². The van der Waals surface area contributed by atoms with Gasteiger partial charge in [-0.2, -0.15) is 0 Å². The summed E-state index contributed by atoms with van der Waals surface area (Å²) in [4.78, 5) is 23.6. The molecule has 0 aromatic heterocycles. The SMILES string of the molecule is CC1(C)O[C@@H]([C@H]2OC(C)(C)O[C@@H]2COc2cc(C(=O)O)cc3ccccc23)[C@H](COc2cc(C(=O)O)cc3ccccc23)O1.